The van der Waals surface area contributed by atoms with Gasteiger partial charge in [0.15, 0.2) is 0 Å². The van der Waals surface area contributed by atoms with Crippen molar-refractivity contribution in [2.24, 2.45) is 0 Å². The Bertz CT molecular complexity index is 247. The second-order valence-electron chi connectivity index (χ2n) is 3.41. The second kappa shape index (κ2) is 7.43. The van der Waals surface area contributed by atoms with Crippen LogP contribution in [-0.2, 0) is 6.42 Å². The van der Waals surface area contributed by atoms with Crippen molar-refractivity contribution in [2.75, 3.05) is 13.1 Å². The predicted molar refractivity (Wildman–Crippen MR) is 68.1 cm³/mol. The monoisotopic (exact) mass is 275 g/mol. The Labute approximate surface area is 99.0 Å². The van der Waals surface area contributed by atoms with E-state index in [1.165, 1.54) is 40.9 Å². The molecule has 0 aliphatic rings. The van der Waals surface area contributed by atoms with Crippen LogP contribution in [0.4, 0.5) is 0 Å². The lowest BCUT2D eigenvalue weighted by Gasteiger charge is -2.01. The zero-order valence-electron chi connectivity index (χ0n) is 8.68. The molecule has 0 aromatic carbocycles. The lowest BCUT2D eigenvalue weighted by atomic mass is 10.2. The minimum atomic E-state index is 1.16. The van der Waals surface area contributed by atoms with Gasteiger partial charge in [-0.15, -0.1) is 11.3 Å². The van der Waals surface area contributed by atoms with Gasteiger partial charge in [-0.3, -0.25) is 0 Å². The van der Waals surface area contributed by atoms with Gasteiger partial charge in [0.25, 0.3) is 0 Å². The molecule has 0 unspecified atom stereocenters. The molecule has 1 aromatic heterocycles. The third-order valence-electron chi connectivity index (χ3n) is 2.08. The molecule has 0 saturated heterocycles. The topological polar surface area (TPSA) is 12.0 Å². The fourth-order valence-corrected chi connectivity index (χ4v) is 2.86. The number of halogens is 1. The first kappa shape index (κ1) is 12.2. The van der Waals surface area contributed by atoms with Gasteiger partial charge in [-0.1, -0.05) is 6.92 Å². The third kappa shape index (κ3) is 5.13. The minimum Gasteiger partial charge on any atom is -0.317 e. The van der Waals surface area contributed by atoms with E-state index in [-0.39, 0.29) is 0 Å². The summed E-state index contributed by atoms with van der Waals surface area (Å²) in [5.74, 6) is 0. The van der Waals surface area contributed by atoms with E-state index in [4.69, 9.17) is 0 Å². The molecule has 80 valence electrons. The van der Waals surface area contributed by atoms with Gasteiger partial charge in [0, 0.05) is 4.88 Å². The van der Waals surface area contributed by atoms with Gasteiger partial charge >= 0.3 is 0 Å². The number of unbranched alkanes of at least 4 members (excludes halogenated alkanes) is 1. The van der Waals surface area contributed by atoms with Crippen molar-refractivity contribution >= 4 is 27.3 Å². The molecule has 0 amide bonds. The van der Waals surface area contributed by atoms with Crippen LogP contribution in [0.15, 0.2) is 15.9 Å². The smallest absolute Gasteiger partial charge is 0.0701 e. The van der Waals surface area contributed by atoms with E-state index in [1.807, 2.05) is 11.3 Å². The quantitative estimate of drug-likeness (QED) is 0.746. The summed E-state index contributed by atoms with van der Waals surface area (Å²) in [6, 6.07) is 4.35. The Kier molecular flexibility index (Phi) is 6.48. The van der Waals surface area contributed by atoms with Crippen LogP contribution in [0, 0.1) is 0 Å². The highest BCUT2D eigenvalue weighted by Crippen LogP contribution is 2.23. The van der Waals surface area contributed by atoms with E-state index < -0.39 is 0 Å². The number of thiophene rings is 1. The number of nitrogens with one attached hydrogen (secondary N) is 1. The van der Waals surface area contributed by atoms with Gasteiger partial charge in [0.1, 0.15) is 0 Å². The van der Waals surface area contributed by atoms with Crippen LogP contribution >= 0.6 is 27.3 Å². The summed E-state index contributed by atoms with van der Waals surface area (Å²) >= 11 is 5.33. The average Bonchev–Trinajstić information content (AvgIpc) is 2.58. The van der Waals surface area contributed by atoms with Crippen molar-refractivity contribution in [1.82, 2.24) is 5.32 Å². The van der Waals surface area contributed by atoms with Crippen molar-refractivity contribution in [2.45, 2.75) is 32.6 Å². The molecular formula is C11H18BrNS. The van der Waals surface area contributed by atoms with Gasteiger partial charge in [0.05, 0.1) is 3.79 Å². The van der Waals surface area contributed by atoms with Gasteiger partial charge < -0.3 is 5.32 Å². The number of rotatable bonds is 7. The largest absolute Gasteiger partial charge is 0.317 e. The highest BCUT2D eigenvalue weighted by molar-refractivity contribution is 9.11. The molecule has 1 heterocycles. The molecule has 1 aromatic rings. The summed E-state index contributed by atoms with van der Waals surface area (Å²) in [5, 5.41) is 3.42. The maximum atomic E-state index is 3.48. The van der Waals surface area contributed by atoms with Crippen LogP contribution in [0.3, 0.4) is 0 Å². The summed E-state index contributed by atoms with van der Waals surface area (Å²) in [7, 11) is 0. The summed E-state index contributed by atoms with van der Waals surface area (Å²) in [6.07, 6.45) is 5.04. The molecule has 0 atom stereocenters. The second-order valence-corrected chi connectivity index (χ2v) is 5.96. The maximum Gasteiger partial charge on any atom is 0.0701 e. The molecule has 14 heavy (non-hydrogen) atoms. The zero-order chi connectivity index (χ0) is 10.2. The van der Waals surface area contributed by atoms with E-state index in [9.17, 15) is 0 Å². The fourth-order valence-electron chi connectivity index (χ4n) is 1.34. The normalized spacial score (nSPS) is 10.7. The van der Waals surface area contributed by atoms with Gasteiger partial charge in [-0.05, 0) is 66.8 Å². The lowest BCUT2D eigenvalue weighted by Crippen LogP contribution is -2.15. The molecule has 0 spiro atoms. The summed E-state index contributed by atoms with van der Waals surface area (Å²) in [4.78, 5) is 1.49. The van der Waals surface area contributed by atoms with Crippen LogP contribution in [0.25, 0.3) is 0 Å². The molecular weight excluding hydrogens is 258 g/mol. The Balaban J connectivity index is 1.99. The standard InChI is InChI=1S/C11H18BrNS/c1-2-8-13-9-4-3-5-10-6-7-11(12)14-10/h6-7,13H,2-5,8-9H2,1H3. The van der Waals surface area contributed by atoms with Crippen molar-refractivity contribution in [3.05, 3.63) is 20.8 Å². The molecule has 1 rings (SSSR count). The molecule has 1 nitrogen and oxygen atoms in total. The first-order chi connectivity index (χ1) is 6.83. The van der Waals surface area contributed by atoms with E-state index in [0.717, 1.165) is 6.54 Å². The average molecular weight is 276 g/mol. The van der Waals surface area contributed by atoms with Crippen LogP contribution in [-0.4, -0.2) is 13.1 Å². The third-order valence-corrected chi connectivity index (χ3v) is 3.77. The summed E-state index contributed by atoms with van der Waals surface area (Å²) in [6.45, 7) is 4.53. The van der Waals surface area contributed by atoms with Crippen molar-refractivity contribution in [1.29, 1.82) is 0 Å². The highest BCUT2D eigenvalue weighted by atomic mass is 79.9. The molecule has 0 saturated carbocycles. The van der Waals surface area contributed by atoms with E-state index in [2.05, 4.69) is 40.3 Å². The molecule has 0 aliphatic carbocycles. The van der Waals surface area contributed by atoms with Gasteiger partial charge in [-0.25, -0.2) is 0 Å². The first-order valence-corrected chi connectivity index (χ1v) is 6.89. The Hall–Kier alpha value is 0.140. The summed E-state index contributed by atoms with van der Waals surface area (Å²) < 4.78 is 1.25. The first-order valence-electron chi connectivity index (χ1n) is 5.28. The van der Waals surface area contributed by atoms with Crippen LogP contribution in [0.1, 0.15) is 31.1 Å². The lowest BCUT2D eigenvalue weighted by molar-refractivity contribution is 0.618. The minimum absolute atomic E-state index is 1.16. The van der Waals surface area contributed by atoms with E-state index in [0.29, 0.717) is 0 Å². The van der Waals surface area contributed by atoms with E-state index >= 15 is 0 Å². The SMILES string of the molecule is CCCNCCCCc1ccc(Br)s1. The van der Waals surface area contributed by atoms with Gasteiger partial charge in [-0.2, -0.15) is 0 Å². The zero-order valence-corrected chi connectivity index (χ0v) is 11.1. The molecule has 0 aliphatic heterocycles. The Morgan fingerprint density at radius 2 is 2.14 bits per heavy atom. The maximum absolute atomic E-state index is 3.48. The number of hydrogen-bond acceptors (Lipinski definition) is 2. The van der Waals surface area contributed by atoms with E-state index in [1.54, 1.807) is 0 Å². The molecule has 1 N–H and O–H groups in total. The number of hydrogen-bond donors (Lipinski definition) is 1. The van der Waals surface area contributed by atoms with Crippen LogP contribution < -0.4 is 5.32 Å². The van der Waals surface area contributed by atoms with Crippen molar-refractivity contribution in [3.8, 4) is 0 Å². The highest BCUT2D eigenvalue weighted by Gasteiger charge is 1.96. The molecule has 0 fully saturated rings. The Morgan fingerprint density at radius 1 is 1.29 bits per heavy atom. The van der Waals surface area contributed by atoms with Crippen molar-refractivity contribution in [3.63, 3.8) is 0 Å². The van der Waals surface area contributed by atoms with Crippen LogP contribution in [0.5, 0.6) is 0 Å². The molecule has 3 heteroatoms. The fraction of sp³-hybridized carbons (Fsp3) is 0.636. The Morgan fingerprint density at radius 3 is 2.79 bits per heavy atom. The molecule has 0 radical (unpaired) electrons. The summed E-state index contributed by atoms with van der Waals surface area (Å²) in [5.41, 5.74) is 0. The predicted octanol–water partition coefficient (Wildman–Crippen LogP) is 3.83. The van der Waals surface area contributed by atoms with Crippen LogP contribution in [0.2, 0.25) is 0 Å². The van der Waals surface area contributed by atoms with Crippen molar-refractivity contribution < 1.29 is 0 Å². The van der Waals surface area contributed by atoms with Gasteiger partial charge in [0.2, 0.25) is 0 Å². The molecule has 0 bridgehead atoms. The number of aryl methyl sites for hydroxylation is 1.